The third kappa shape index (κ3) is 3.17. The summed E-state index contributed by atoms with van der Waals surface area (Å²) in [5.41, 5.74) is 5.76. The van der Waals surface area contributed by atoms with Crippen molar-refractivity contribution in [1.29, 1.82) is 0 Å². The van der Waals surface area contributed by atoms with Gasteiger partial charge in [0.05, 0.1) is 0 Å². The van der Waals surface area contributed by atoms with Crippen LogP contribution in [0.4, 0.5) is 0 Å². The molecule has 1 aliphatic rings. The summed E-state index contributed by atoms with van der Waals surface area (Å²) in [5, 5.41) is 12.0. The molecule has 0 radical (unpaired) electrons. The second kappa shape index (κ2) is 6.05. The van der Waals surface area contributed by atoms with E-state index in [9.17, 15) is 14.7 Å². The number of aliphatic carboxylic acids is 1. The monoisotopic (exact) mass is 276 g/mol. The standard InChI is InChI=1S/C15H20N2O3/c16-12(11-6-2-1-3-7-11)10-13(18)17-15(14(19)20)8-4-5-9-15/h1-3,6-7,12H,4-5,8-10,16H2,(H,17,18)(H,19,20). The van der Waals surface area contributed by atoms with Gasteiger partial charge in [0, 0.05) is 12.5 Å². The van der Waals surface area contributed by atoms with E-state index >= 15 is 0 Å². The van der Waals surface area contributed by atoms with Gasteiger partial charge < -0.3 is 16.2 Å². The summed E-state index contributed by atoms with van der Waals surface area (Å²) < 4.78 is 0. The van der Waals surface area contributed by atoms with Gasteiger partial charge in [0.2, 0.25) is 5.91 Å². The molecule has 5 nitrogen and oxygen atoms in total. The number of carboxylic acid groups (broad SMARTS) is 1. The molecule has 0 heterocycles. The van der Waals surface area contributed by atoms with Crippen molar-refractivity contribution in [2.45, 2.75) is 43.7 Å². The van der Waals surface area contributed by atoms with Crippen molar-refractivity contribution < 1.29 is 14.7 Å². The van der Waals surface area contributed by atoms with E-state index in [1.165, 1.54) is 0 Å². The quantitative estimate of drug-likeness (QED) is 0.761. The van der Waals surface area contributed by atoms with E-state index in [4.69, 9.17) is 5.73 Å². The highest BCUT2D eigenvalue weighted by Crippen LogP contribution is 2.30. The smallest absolute Gasteiger partial charge is 0.329 e. The van der Waals surface area contributed by atoms with Crippen molar-refractivity contribution in [3.63, 3.8) is 0 Å². The number of carboxylic acids is 1. The Hall–Kier alpha value is -1.88. The van der Waals surface area contributed by atoms with E-state index in [0.29, 0.717) is 12.8 Å². The molecule has 0 aliphatic heterocycles. The third-order valence-corrected chi connectivity index (χ3v) is 3.88. The molecule has 5 heteroatoms. The van der Waals surface area contributed by atoms with Gasteiger partial charge in [-0.15, -0.1) is 0 Å². The number of nitrogens with two attached hydrogens (primary N) is 1. The van der Waals surface area contributed by atoms with Crippen LogP contribution in [-0.4, -0.2) is 22.5 Å². The van der Waals surface area contributed by atoms with Gasteiger partial charge in [-0.25, -0.2) is 4.79 Å². The molecule has 1 atom stereocenters. The van der Waals surface area contributed by atoms with Gasteiger partial charge in [0.25, 0.3) is 0 Å². The van der Waals surface area contributed by atoms with Gasteiger partial charge in [-0.05, 0) is 18.4 Å². The highest BCUT2D eigenvalue weighted by molar-refractivity contribution is 5.87. The Labute approximate surface area is 118 Å². The molecule has 4 N–H and O–H groups in total. The van der Waals surface area contributed by atoms with Gasteiger partial charge in [-0.1, -0.05) is 43.2 Å². The van der Waals surface area contributed by atoms with E-state index in [1.54, 1.807) is 0 Å². The molecule has 0 bridgehead atoms. The second-order valence-electron chi connectivity index (χ2n) is 5.36. The topological polar surface area (TPSA) is 92.4 Å². The summed E-state index contributed by atoms with van der Waals surface area (Å²) in [7, 11) is 0. The van der Waals surface area contributed by atoms with Crippen molar-refractivity contribution >= 4 is 11.9 Å². The Morgan fingerprint density at radius 3 is 2.40 bits per heavy atom. The normalized spacial score (nSPS) is 18.4. The lowest BCUT2D eigenvalue weighted by Gasteiger charge is -2.26. The molecule has 0 spiro atoms. The Morgan fingerprint density at radius 2 is 1.85 bits per heavy atom. The lowest BCUT2D eigenvalue weighted by atomic mass is 9.96. The fourth-order valence-corrected chi connectivity index (χ4v) is 2.71. The van der Waals surface area contributed by atoms with E-state index in [1.807, 2.05) is 30.3 Å². The van der Waals surface area contributed by atoms with Crippen molar-refractivity contribution in [2.75, 3.05) is 0 Å². The fourth-order valence-electron chi connectivity index (χ4n) is 2.71. The van der Waals surface area contributed by atoms with Crippen LogP contribution in [0.25, 0.3) is 0 Å². The molecule has 1 aromatic carbocycles. The van der Waals surface area contributed by atoms with Gasteiger partial charge in [-0.2, -0.15) is 0 Å². The van der Waals surface area contributed by atoms with Gasteiger partial charge >= 0.3 is 5.97 Å². The van der Waals surface area contributed by atoms with Crippen molar-refractivity contribution in [2.24, 2.45) is 5.73 Å². The molecule has 2 rings (SSSR count). The van der Waals surface area contributed by atoms with Crippen LogP contribution in [0.3, 0.4) is 0 Å². The summed E-state index contributed by atoms with van der Waals surface area (Å²) in [6.45, 7) is 0. The van der Waals surface area contributed by atoms with E-state index in [-0.39, 0.29) is 12.3 Å². The molecule has 1 unspecified atom stereocenters. The maximum absolute atomic E-state index is 12.0. The average molecular weight is 276 g/mol. The largest absolute Gasteiger partial charge is 0.480 e. The van der Waals surface area contributed by atoms with Crippen LogP contribution in [-0.2, 0) is 9.59 Å². The number of benzene rings is 1. The van der Waals surface area contributed by atoms with Gasteiger partial charge in [0.15, 0.2) is 0 Å². The van der Waals surface area contributed by atoms with Gasteiger partial charge in [-0.3, -0.25) is 4.79 Å². The SMILES string of the molecule is NC(CC(=O)NC1(C(=O)O)CCCC1)c1ccccc1. The average Bonchev–Trinajstić information content (AvgIpc) is 2.89. The minimum Gasteiger partial charge on any atom is -0.480 e. The van der Waals surface area contributed by atoms with Crippen LogP contribution < -0.4 is 11.1 Å². The number of carbonyl (C=O) groups is 2. The van der Waals surface area contributed by atoms with E-state index in [0.717, 1.165) is 18.4 Å². The summed E-state index contributed by atoms with van der Waals surface area (Å²) in [4.78, 5) is 23.4. The van der Waals surface area contributed by atoms with Crippen LogP contribution >= 0.6 is 0 Å². The zero-order valence-corrected chi connectivity index (χ0v) is 11.3. The minimum atomic E-state index is -1.09. The Morgan fingerprint density at radius 1 is 1.25 bits per heavy atom. The zero-order chi connectivity index (χ0) is 14.6. The first kappa shape index (κ1) is 14.5. The third-order valence-electron chi connectivity index (χ3n) is 3.88. The van der Waals surface area contributed by atoms with Crippen molar-refractivity contribution in [3.05, 3.63) is 35.9 Å². The lowest BCUT2D eigenvalue weighted by molar-refractivity contribution is -0.147. The Balaban J connectivity index is 1.97. The molecular formula is C15H20N2O3. The number of nitrogens with one attached hydrogen (secondary N) is 1. The van der Waals surface area contributed by atoms with E-state index in [2.05, 4.69) is 5.32 Å². The Kier molecular flexibility index (Phi) is 4.39. The van der Waals surface area contributed by atoms with Crippen LogP contribution in [0.5, 0.6) is 0 Å². The maximum Gasteiger partial charge on any atom is 0.329 e. The zero-order valence-electron chi connectivity index (χ0n) is 11.3. The molecule has 20 heavy (non-hydrogen) atoms. The first-order chi connectivity index (χ1) is 9.53. The van der Waals surface area contributed by atoms with Crippen LogP contribution in [0.1, 0.15) is 43.7 Å². The molecule has 1 aromatic rings. The molecular weight excluding hydrogens is 256 g/mol. The van der Waals surface area contributed by atoms with Crippen LogP contribution in [0, 0.1) is 0 Å². The highest BCUT2D eigenvalue weighted by atomic mass is 16.4. The second-order valence-corrected chi connectivity index (χ2v) is 5.36. The molecule has 108 valence electrons. The molecule has 1 fully saturated rings. The summed E-state index contributed by atoms with van der Waals surface area (Å²) >= 11 is 0. The first-order valence-electron chi connectivity index (χ1n) is 6.88. The van der Waals surface area contributed by atoms with E-state index < -0.39 is 17.6 Å². The summed E-state index contributed by atoms with van der Waals surface area (Å²) in [6, 6.07) is 8.92. The molecule has 0 saturated heterocycles. The number of hydrogen-bond donors (Lipinski definition) is 3. The molecule has 0 aromatic heterocycles. The molecule has 1 saturated carbocycles. The Bertz CT molecular complexity index is 481. The summed E-state index contributed by atoms with van der Waals surface area (Å²) in [6.07, 6.45) is 2.75. The highest BCUT2D eigenvalue weighted by Gasteiger charge is 2.42. The number of carbonyl (C=O) groups excluding carboxylic acids is 1. The number of rotatable bonds is 5. The number of hydrogen-bond acceptors (Lipinski definition) is 3. The summed E-state index contributed by atoms with van der Waals surface area (Å²) in [5.74, 6) is -1.25. The fraction of sp³-hybridized carbons (Fsp3) is 0.467. The predicted octanol–water partition coefficient (Wildman–Crippen LogP) is 1.59. The predicted molar refractivity (Wildman–Crippen MR) is 75.0 cm³/mol. The molecule has 1 amide bonds. The van der Waals surface area contributed by atoms with Gasteiger partial charge in [0.1, 0.15) is 5.54 Å². The first-order valence-corrected chi connectivity index (χ1v) is 6.88. The number of amides is 1. The van der Waals surface area contributed by atoms with Crippen LogP contribution in [0.15, 0.2) is 30.3 Å². The van der Waals surface area contributed by atoms with Crippen molar-refractivity contribution in [1.82, 2.24) is 5.32 Å². The van der Waals surface area contributed by atoms with Crippen LogP contribution in [0.2, 0.25) is 0 Å². The minimum absolute atomic E-state index is 0.0963. The maximum atomic E-state index is 12.0. The lowest BCUT2D eigenvalue weighted by Crippen LogP contribution is -2.52. The molecule has 1 aliphatic carbocycles. The van der Waals surface area contributed by atoms with Crippen molar-refractivity contribution in [3.8, 4) is 0 Å².